The molecule has 0 aromatic heterocycles. The Hall–Kier alpha value is -2.28. The van der Waals surface area contributed by atoms with Crippen molar-refractivity contribution < 1.29 is 23.2 Å². The standard InChI is InChI=1S/C16H20F2N2O3/c1-6-7-20(5)15(22)13-11(17)8-10(9-12(13)18)14(21)19-23-16(2,3)4/h6,8-9H,1,7H2,2-5H3,(H,19,21). The van der Waals surface area contributed by atoms with Gasteiger partial charge in [-0.15, -0.1) is 6.58 Å². The summed E-state index contributed by atoms with van der Waals surface area (Å²) in [4.78, 5) is 30.0. The Kier molecular flexibility index (Phi) is 5.98. The predicted octanol–water partition coefficient (Wildman–Crippen LogP) is 2.68. The summed E-state index contributed by atoms with van der Waals surface area (Å²) in [5.41, 5.74) is 0.443. The van der Waals surface area contributed by atoms with Crippen molar-refractivity contribution in [2.75, 3.05) is 13.6 Å². The largest absolute Gasteiger partial charge is 0.338 e. The molecule has 7 heteroatoms. The lowest BCUT2D eigenvalue weighted by molar-refractivity contribution is -0.0589. The smallest absolute Gasteiger partial charge is 0.275 e. The number of halogens is 2. The Bertz CT molecular complexity index is 601. The lowest BCUT2D eigenvalue weighted by Gasteiger charge is -2.19. The number of nitrogens with zero attached hydrogens (tertiary/aromatic N) is 1. The molecule has 2 amide bonds. The van der Waals surface area contributed by atoms with Gasteiger partial charge in [0.1, 0.15) is 17.2 Å². The third-order valence-corrected chi connectivity index (χ3v) is 2.72. The van der Waals surface area contributed by atoms with E-state index >= 15 is 0 Å². The molecule has 0 bridgehead atoms. The first-order valence-corrected chi connectivity index (χ1v) is 6.90. The van der Waals surface area contributed by atoms with E-state index in [0.29, 0.717) is 0 Å². The van der Waals surface area contributed by atoms with Crippen LogP contribution in [0, 0.1) is 11.6 Å². The molecule has 5 nitrogen and oxygen atoms in total. The third-order valence-electron chi connectivity index (χ3n) is 2.72. The van der Waals surface area contributed by atoms with Gasteiger partial charge in [-0.1, -0.05) is 6.08 Å². The molecule has 1 N–H and O–H groups in total. The molecule has 0 aliphatic rings. The molecule has 1 rings (SSSR count). The predicted molar refractivity (Wildman–Crippen MR) is 81.8 cm³/mol. The van der Waals surface area contributed by atoms with Gasteiger partial charge in [0.25, 0.3) is 11.8 Å². The number of hydrogen-bond acceptors (Lipinski definition) is 3. The van der Waals surface area contributed by atoms with Gasteiger partial charge < -0.3 is 4.90 Å². The van der Waals surface area contributed by atoms with Gasteiger partial charge in [0.2, 0.25) is 0 Å². The molecule has 1 aromatic carbocycles. The van der Waals surface area contributed by atoms with Gasteiger partial charge in [-0.2, -0.15) is 0 Å². The minimum absolute atomic E-state index is 0.138. The highest BCUT2D eigenvalue weighted by atomic mass is 19.1. The SMILES string of the molecule is C=CCN(C)C(=O)c1c(F)cc(C(=O)NOC(C)(C)C)cc1F. The zero-order chi connectivity index (χ0) is 17.8. The topological polar surface area (TPSA) is 58.6 Å². The van der Waals surface area contributed by atoms with E-state index in [1.54, 1.807) is 20.8 Å². The lowest BCUT2D eigenvalue weighted by atomic mass is 10.1. The summed E-state index contributed by atoms with van der Waals surface area (Å²) >= 11 is 0. The van der Waals surface area contributed by atoms with Gasteiger partial charge in [0, 0.05) is 19.2 Å². The number of amides is 2. The number of hydroxylamine groups is 1. The molecule has 126 valence electrons. The lowest BCUT2D eigenvalue weighted by Crippen LogP contribution is -2.34. The Morgan fingerprint density at radius 2 is 1.83 bits per heavy atom. The van der Waals surface area contributed by atoms with Crippen molar-refractivity contribution in [3.05, 3.63) is 47.5 Å². The summed E-state index contributed by atoms with van der Waals surface area (Å²) in [6, 6.07) is 1.58. The zero-order valence-corrected chi connectivity index (χ0v) is 13.6. The number of carbonyl (C=O) groups excluding carboxylic acids is 2. The van der Waals surface area contributed by atoms with Gasteiger partial charge >= 0.3 is 0 Å². The molecule has 1 aromatic rings. The van der Waals surface area contributed by atoms with Gasteiger partial charge in [-0.3, -0.25) is 14.4 Å². The maximum absolute atomic E-state index is 14.1. The normalized spacial score (nSPS) is 11.0. The first-order chi connectivity index (χ1) is 10.6. The number of rotatable bonds is 5. The summed E-state index contributed by atoms with van der Waals surface area (Å²) in [7, 11) is 1.39. The highest BCUT2D eigenvalue weighted by Crippen LogP contribution is 2.18. The molecule has 0 saturated carbocycles. The van der Waals surface area contributed by atoms with E-state index in [2.05, 4.69) is 12.1 Å². The molecule has 0 radical (unpaired) electrons. The van der Waals surface area contributed by atoms with Crippen molar-refractivity contribution in [3.8, 4) is 0 Å². The Morgan fingerprint density at radius 1 is 1.30 bits per heavy atom. The first kappa shape index (κ1) is 18.8. The Balaban J connectivity index is 3.03. The zero-order valence-electron chi connectivity index (χ0n) is 13.6. The maximum atomic E-state index is 14.1. The van der Waals surface area contributed by atoms with Crippen molar-refractivity contribution in [2.24, 2.45) is 0 Å². The number of hydrogen-bond donors (Lipinski definition) is 1. The van der Waals surface area contributed by atoms with Crippen LogP contribution in [0.4, 0.5) is 8.78 Å². The summed E-state index contributed by atoms with van der Waals surface area (Å²) < 4.78 is 28.1. The van der Waals surface area contributed by atoms with Crippen LogP contribution in [0.5, 0.6) is 0 Å². The molecule has 0 aliphatic carbocycles. The molecular weight excluding hydrogens is 306 g/mol. The summed E-state index contributed by atoms with van der Waals surface area (Å²) in [6.45, 7) is 8.69. The van der Waals surface area contributed by atoms with Crippen LogP contribution in [0.15, 0.2) is 24.8 Å². The average Bonchev–Trinajstić information content (AvgIpc) is 2.43. The molecule has 23 heavy (non-hydrogen) atoms. The van der Waals surface area contributed by atoms with Gasteiger partial charge in [-0.05, 0) is 32.9 Å². The Morgan fingerprint density at radius 3 is 2.26 bits per heavy atom. The van der Waals surface area contributed by atoms with Crippen molar-refractivity contribution in [2.45, 2.75) is 26.4 Å². The first-order valence-electron chi connectivity index (χ1n) is 6.90. The average molecular weight is 326 g/mol. The molecule has 0 spiro atoms. The van der Waals surface area contributed by atoms with E-state index in [1.807, 2.05) is 0 Å². The molecule has 0 unspecified atom stereocenters. The number of likely N-dealkylation sites (N-methyl/N-ethyl adjacent to an activating group) is 1. The summed E-state index contributed by atoms with van der Waals surface area (Å²) in [6.07, 6.45) is 1.43. The Labute approximate surface area is 133 Å². The number of nitrogens with one attached hydrogen (secondary N) is 1. The quantitative estimate of drug-likeness (QED) is 0.668. The number of carbonyl (C=O) groups is 2. The van der Waals surface area contributed by atoms with E-state index in [4.69, 9.17) is 4.84 Å². The maximum Gasteiger partial charge on any atom is 0.275 e. The van der Waals surface area contributed by atoms with Crippen molar-refractivity contribution in [1.82, 2.24) is 10.4 Å². The van der Waals surface area contributed by atoms with Crippen LogP contribution in [0.1, 0.15) is 41.5 Å². The van der Waals surface area contributed by atoms with Crippen LogP contribution in [0.25, 0.3) is 0 Å². The number of benzene rings is 1. The second-order valence-corrected chi connectivity index (χ2v) is 5.93. The molecule has 0 heterocycles. The monoisotopic (exact) mass is 326 g/mol. The molecule has 0 aliphatic heterocycles. The van der Waals surface area contributed by atoms with Crippen LogP contribution in [-0.4, -0.2) is 35.9 Å². The summed E-state index contributed by atoms with van der Waals surface area (Å²) in [5, 5.41) is 0. The molecule has 0 atom stereocenters. The van der Waals surface area contributed by atoms with Crippen LogP contribution in [0.3, 0.4) is 0 Å². The minimum Gasteiger partial charge on any atom is -0.338 e. The molecule has 0 fully saturated rings. The highest BCUT2D eigenvalue weighted by molar-refractivity contribution is 5.98. The summed E-state index contributed by atoms with van der Waals surface area (Å²) in [5.74, 6) is -3.88. The van der Waals surface area contributed by atoms with Crippen LogP contribution < -0.4 is 5.48 Å². The minimum atomic E-state index is -1.12. The van der Waals surface area contributed by atoms with E-state index in [-0.39, 0.29) is 12.1 Å². The molecular formula is C16H20F2N2O3. The van der Waals surface area contributed by atoms with Gasteiger partial charge in [-0.25, -0.2) is 14.3 Å². The second-order valence-electron chi connectivity index (χ2n) is 5.93. The van der Waals surface area contributed by atoms with E-state index in [0.717, 1.165) is 17.0 Å². The van der Waals surface area contributed by atoms with Gasteiger partial charge in [0.15, 0.2) is 0 Å². The fourth-order valence-electron chi connectivity index (χ4n) is 1.63. The molecule has 0 saturated heterocycles. The van der Waals surface area contributed by atoms with E-state index in [9.17, 15) is 18.4 Å². The van der Waals surface area contributed by atoms with Gasteiger partial charge in [0.05, 0.1) is 5.60 Å². The fourth-order valence-corrected chi connectivity index (χ4v) is 1.63. The third kappa shape index (κ3) is 5.14. The van der Waals surface area contributed by atoms with Crippen LogP contribution in [-0.2, 0) is 4.84 Å². The highest BCUT2D eigenvalue weighted by Gasteiger charge is 2.23. The van der Waals surface area contributed by atoms with Crippen molar-refractivity contribution in [1.29, 1.82) is 0 Å². The van der Waals surface area contributed by atoms with E-state index < -0.39 is 34.6 Å². The van der Waals surface area contributed by atoms with E-state index in [1.165, 1.54) is 13.1 Å². The van der Waals surface area contributed by atoms with Crippen LogP contribution >= 0.6 is 0 Å². The van der Waals surface area contributed by atoms with Crippen LogP contribution in [0.2, 0.25) is 0 Å². The van der Waals surface area contributed by atoms with Crippen molar-refractivity contribution >= 4 is 11.8 Å². The van der Waals surface area contributed by atoms with Crippen molar-refractivity contribution in [3.63, 3.8) is 0 Å². The fraction of sp³-hybridized carbons (Fsp3) is 0.375. The second kappa shape index (κ2) is 7.32.